The minimum absolute atomic E-state index is 0.0129. The SMILES string of the molecule is Cc1ccc(C(=O)NC(=Cc2ccc(-c3cccc(Cl)c3)o2)C(=O)NCC2CCCO2)cc1. The van der Waals surface area contributed by atoms with Crippen LogP contribution in [0.15, 0.2) is 70.8 Å². The monoisotopic (exact) mass is 464 g/mol. The Balaban J connectivity index is 1.55. The zero-order chi connectivity index (χ0) is 23.2. The summed E-state index contributed by atoms with van der Waals surface area (Å²) in [5.74, 6) is 0.242. The number of nitrogens with one attached hydrogen (secondary N) is 2. The van der Waals surface area contributed by atoms with Crippen molar-refractivity contribution in [3.8, 4) is 11.3 Å². The lowest BCUT2D eigenvalue weighted by molar-refractivity contribution is -0.118. The van der Waals surface area contributed by atoms with Gasteiger partial charge in [0.05, 0.1) is 6.10 Å². The molecule has 2 heterocycles. The van der Waals surface area contributed by atoms with E-state index in [1.54, 1.807) is 36.4 Å². The van der Waals surface area contributed by atoms with Crippen LogP contribution in [0.1, 0.15) is 34.5 Å². The molecule has 0 aliphatic carbocycles. The molecule has 1 saturated heterocycles. The lowest BCUT2D eigenvalue weighted by atomic mass is 10.1. The number of ether oxygens (including phenoxy) is 1. The molecule has 1 fully saturated rings. The van der Waals surface area contributed by atoms with Gasteiger partial charge in [-0.3, -0.25) is 9.59 Å². The van der Waals surface area contributed by atoms with Crippen LogP contribution < -0.4 is 10.6 Å². The highest BCUT2D eigenvalue weighted by Crippen LogP contribution is 2.25. The third-order valence-corrected chi connectivity index (χ3v) is 5.58. The molecule has 0 saturated carbocycles. The Labute approximate surface area is 197 Å². The van der Waals surface area contributed by atoms with E-state index in [2.05, 4.69) is 10.6 Å². The third kappa shape index (κ3) is 6.12. The molecule has 170 valence electrons. The van der Waals surface area contributed by atoms with Crippen molar-refractivity contribution < 1.29 is 18.7 Å². The third-order valence-electron chi connectivity index (χ3n) is 5.34. The van der Waals surface area contributed by atoms with Gasteiger partial charge in [0.15, 0.2) is 0 Å². The summed E-state index contributed by atoms with van der Waals surface area (Å²) in [5, 5.41) is 6.17. The van der Waals surface area contributed by atoms with E-state index >= 15 is 0 Å². The fraction of sp³-hybridized carbons (Fsp3) is 0.231. The van der Waals surface area contributed by atoms with Crippen LogP contribution in [0, 0.1) is 6.92 Å². The number of carbonyl (C=O) groups is 2. The summed E-state index contributed by atoms with van der Waals surface area (Å²) < 4.78 is 11.5. The summed E-state index contributed by atoms with van der Waals surface area (Å²) >= 11 is 6.08. The van der Waals surface area contributed by atoms with Gasteiger partial charge < -0.3 is 19.8 Å². The van der Waals surface area contributed by atoms with Gasteiger partial charge in [-0.25, -0.2) is 0 Å². The lowest BCUT2D eigenvalue weighted by Crippen LogP contribution is -2.38. The van der Waals surface area contributed by atoms with E-state index in [0.717, 1.165) is 24.0 Å². The molecule has 2 aromatic carbocycles. The largest absolute Gasteiger partial charge is 0.457 e. The molecule has 2 amide bonds. The van der Waals surface area contributed by atoms with E-state index in [-0.39, 0.29) is 17.7 Å². The summed E-state index contributed by atoms with van der Waals surface area (Å²) in [6, 6.07) is 18.0. The molecule has 1 aromatic heterocycles. The molecule has 4 rings (SSSR count). The smallest absolute Gasteiger partial charge is 0.268 e. The Morgan fingerprint density at radius 3 is 2.67 bits per heavy atom. The Morgan fingerprint density at radius 1 is 1.12 bits per heavy atom. The van der Waals surface area contributed by atoms with Crippen molar-refractivity contribution in [2.75, 3.05) is 13.2 Å². The first-order valence-electron chi connectivity index (χ1n) is 10.8. The van der Waals surface area contributed by atoms with Crippen LogP contribution in [0.3, 0.4) is 0 Å². The molecule has 1 aliphatic heterocycles. The number of rotatable bonds is 7. The van der Waals surface area contributed by atoms with Crippen LogP contribution in [0.2, 0.25) is 5.02 Å². The zero-order valence-electron chi connectivity index (χ0n) is 18.3. The molecule has 1 unspecified atom stereocenters. The standard InChI is InChI=1S/C26H25ClN2O4/c1-17-7-9-18(10-8-17)25(30)29-23(26(31)28-16-22-6-3-13-32-22)15-21-11-12-24(33-21)19-4-2-5-20(27)14-19/h2,4-5,7-12,14-15,22H,3,6,13,16H2,1H3,(H,28,31)(H,29,30). The van der Waals surface area contributed by atoms with Crippen molar-refractivity contribution in [3.63, 3.8) is 0 Å². The molecule has 1 atom stereocenters. The first-order valence-corrected chi connectivity index (χ1v) is 11.2. The van der Waals surface area contributed by atoms with Crippen molar-refractivity contribution in [2.45, 2.75) is 25.9 Å². The zero-order valence-corrected chi connectivity index (χ0v) is 19.0. The number of hydrogen-bond donors (Lipinski definition) is 2. The van der Waals surface area contributed by atoms with Gasteiger partial charge in [-0.1, -0.05) is 41.4 Å². The second-order valence-electron chi connectivity index (χ2n) is 7.94. The molecular formula is C26H25ClN2O4. The quantitative estimate of drug-likeness (QED) is 0.483. The topological polar surface area (TPSA) is 80.6 Å². The average Bonchev–Trinajstić information content (AvgIpc) is 3.50. The van der Waals surface area contributed by atoms with Gasteiger partial charge in [0.1, 0.15) is 17.2 Å². The number of hydrogen-bond acceptors (Lipinski definition) is 4. The predicted octanol–water partition coefficient (Wildman–Crippen LogP) is 4.97. The summed E-state index contributed by atoms with van der Waals surface area (Å²) in [4.78, 5) is 25.7. The van der Waals surface area contributed by atoms with E-state index in [1.165, 1.54) is 6.08 Å². The highest BCUT2D eigenvalue weighted by molar-refractivity contribution is 6.30. The summed E-state index contributed by atoms with van der Waals surface area (Å²) in [6.45, 7) is 3.02. The molecular weight excluding hydrogens is 440 g/mol. The van der Waals surface area contributed by atoms with E-state index in [4.69, 9.17) is 20.8 Å². The maximum Gasteiger partial charge on any atom is 0.268 e. The maximum absolute atomic E-state index is 12.9. The molecule has 2 N–H and O–H groups in total. The second-order valence-corrected chi connectivity index (χ2v) is 8.37. The first kappa shape index (κ1) is 22.8. The van der Waals surface area contributed by atoms with Crippen LogP contribution in [0.4, 0.5) is 0 Å². The minimum atomic E-state index is -0.410. The van der Waals surface area contributed by atoms with Crippen LogP contribution in [-0.4, -0.2) is 31.1 Å². The van der Waals surface area contributed by atoms with Crippen LogP contribution in [0.25, 0.3) is 17.4 Å². The van der Waals surface area contributed by atoms with E-state index < -0.39 is 5.91 Å². The summed E-state index contributed by atoms with van der Waals surface area (Å²) in [6.07, 6.45) is 3.38. The summed E-state index contributed by atoms with van der Waals surface area (Å²) in [5.41, 5.74) is 2.40. The molecule has 1 aliphatic rings. The fourth-order valence-corrected chi connectivity index (χ4v) is 3.72. The van der Waals surface area contributed by atoms with E-state index in [1.807, 2.05) is 31.2 Å². The molecule has 6 nitrogen and oxygen atoms in total. The minimum Gasteiger partial charge on any atom is -0.457 e. The maximum atomic E-state index is 12.9. The van der Waals surface area contributed by atoms with Crippen molar-refractivity contribution in [2.24, 2.45) is 0 Å². The van der Waals surface area contributed by atoms with Crippen LogP contribution in [0.5, 0.6) is 0 Å². The number of carbonyl (C=O) groups excluding carboxylic acids is 2. The lowest BCUT2D eigenvalue weighted by Gasteiger charge is -2.13. The van der Waals surface area contributed by atoms with Gasteiger partial charge in [0, 0.05) is 35.4 Å². The van der Waals surface area contributed by atoms with Crippen LogP contribution in [-0.2, 0) is 9.53 Å². The Kier molecular flexibility index (Phi) is 7.27. The Bertz CT molecular complexity index is 1160. The van der Waals surface area contributed by atoms with Crippen molar-refractivity contribution >= 4 is 29.5 Å². The predicted molar refractivity (Wildman–Crippen MR) is 128 cm³/mol. The highest BCUT2D eigenvalue weighted by atomic mass is 35.5. The number of amides is 2. The van der Waals surface area contributed by atoms with Gasteiger partial charge in [-0.15, -0.1) is 0 Å². The van der Waals surface area contributed by atoms with Gasteiger partial charge in [-0.05, 0) is 56.2 Å². The number of benzene rings is 2. The number of aryl methyl sites for hydroxylation is 1. The fourth-order valence-electron chi connectivity index (χ4n) is 3.53. The first-order chi connectivity index (χ1) is 16.0. The number of furan rings is 1. The van der Waals surface area contributed by atoms with Crippen molar-refractivity contribution in [1.82, 2.24) is 10.6 Å². The van der Waals surface area contributed by atoms with Gasteiger partial charge in [0.25, 0.3) is 11.8 Å². The summed E-state index contributed by atoms with van der Waals surface area (Å²) in [7, 11) is 0. The average molecular weight is 465 g/mol. The van der Waals surface area contributed by atoms with Crippen LogP contribution >= 0.6 is 11.6 Å². The Hall–Kier alpha value is -3.35. The van der Waals surface area contributed by atoms with Gasteiger partial charge in [-0.2, -0.15) is 0 Å². The second kappa shape index (κ2) is 10.5. The van der Waals surface area contributed by atoms with Crippen molar-refractivity contribution in [1.29, 1.82) is 0 Å². The molecule has 0 spiro atoms. The molecule has 0 radical (unpaired) electrons. The molecule has 0 bridgehead atoms. The molecule has 3 aromatic rings. The molecule has 33 heavy (non-hydrogen) atoms. The molecule has 7 heteroatoms. The number of halogens is 1. The highest BCUT2D eigenvalue weighted by Gasteiger charge is 2.20. The van der Waals surface area contributed by atoms with Gasteiger partial charge >= 0.3 is 0 Å². The van der Waals surface area contributed by atoms with Gasteiger partial charge in [0.2, 0.25) is 0 Å². The van der Waals surface area contributed by atoms with E-state index in [9.17, 15) is 9.59 Å². The Morgan fingerprint density at radius 2 is 1.94 bits per heavy atom. The normalized spacial score (nSPS) is 15.9. The van der Waals surface area contributed by atoms with E-state index in [0.29, 0.717) is 35.3 Å². The van der Waals surface area contributed by atoms with Crippen molar-refractivity contribution in [3.05, 3.63) is 88.3 Å².